The van der Waals surface area contributed by atoms with Gasteiger partial charge in [0.05, 0.1) is 0 Å². The molecule has 0 radical (unpaired) electrons. The zero-order valence-corrected chi connectivity index (χ0v) is 18.4. The summed E-state index contributed by atoms with van der Waals surface area (Å²) in [5.74, 6) is 0.219. The molecule has 1 aromatic carbocycles. The fourth-order valence-electron chi connectivity index (χ4n) is 3.35. The third-order valence-corrected chi connectivity index (χ3v) is 5.04. The number of carbonyl (C=O) groups is 1. The maximum Gasteiger partial charge on any atom is 0.222 e. The number of rotatable bonds is 5. The summed E-state index contributed by atoms with van der Waals surface area (Å²) < 4.78 is 0. The molecular weight excluding hydrogens is 419 g/mol. The number of piperazine rings is 1. The zero-order chi connectivity index (χ0) is 17.6. The van der Waals surface area contributed by atoms with Crippen LogP contribution in [0.5, 0.6) is 0 Å². The second kappa shape index (κ2) is 12.8. The molecule has 2 heterocycles. The van der Waals surface area contributed by atoms with Crippen molar-refractivity contribution in [2.75, 3.05) is 31.9 Å². The van der Waals surface area contributed by atoms with E-state index < -0.39 is 0 Å². The number of aromatic nitrogens is 1. The third-order valence-electron chi connectivity index (χ3n) is 5.04. The van der Waals surface area contributed by atoms with Crippen LogP contribution in [0.25, 0.3) is 0 Å². The molecule has 1 amide bonds. The van der Waals surface area contributed by atoms with Crippen molar-refractivity contribution < 1.29 is 4.79 Å². The highest BCUT2D eigenvalue weighted by molar-refractivity contribution is 5.86. The van der Waals surface area contributed by atoms with Crippen LogP contribution in [-0.4, -0.2) is 46.9 Å². The Labute approximate surface area is 185 Å². The van der Waals surface area contributed by atoms with E-state index in [1.54, 1.807) is 6.20 Å². The lowest BCUT2D eigenvalue weighted by atomic mass is 10.1. The van der Waals surface area contributed by atoms with Gasteiger partial charge in [-0.3, -0.25) is 14.7 Å². The molecule has 0 spiro atoms. The normalized spacial score (nSPS) is 14.8. The second-order valence-electron chi connectivity index (χ2n) is 6.58. The predicted molar refractivity (Wildman–Crippen MR) is 122 cm³/mol. The number of benzene rings is 1. The highest BCUT2D eigenvalue weighted by Crippen LogP contribution is 2.21. The van der Waals surface area contributed by atoms with E-state index in [1.165, 1.54) is 5.56 Å². The largest absolute Gasteiger partial charge is 0.399 e. The SMILES string of the molecule is CC(c1cccnc1)N1CCN(C(=O)CCc2ccccc2N)CC1.Cl.Cl.Cl. The van der Waals surface area contributed by atoms with Crippen LogP contribution in [0.2, 0.25) is 0 Å². The van der Waals surface area contributed by atoms with Gasteiger partial charge < -0.3 is 10.6 Å². The van der Waals surface area contributed by atoms with Crippen LogP contribution in [0.4, 0.5) is 5.69 Å². The van der Waals surface area contributed by atoms with Gasteiger partial charge in [0.1, 0.15) is 0 Å². The average Bonchev–Trinajstić information content (AvgIpc) is 2.67. The summed E-state index contributed by atoms with van der Waals surface area (Å²) in [6.45, 7) is 5.57. The number of nitrogen functional groups attached to an aromatic ring is 1. The first kappa shape index (κ1) is 26.5. The van der Waals surface area contributed by atoms with Crippen molar-refractivity contribution in [1.29, 1.82) is 0 Å². The molecule has 1 aliphatic heterocycles. The van der Waals surface area contributed by atoms with Crippen LogP contribution in [0, 0.1) is 0 Å². The fourth-order valence-corrected chi connectivity index (χ4v) is 3.35. The molecule has 0 saturated carbocycles. The first-order chi connectivity index (χ1) is 12.1. The van der Waals surface area contributed by atoms with Crippen LogP contribution in [-0.2, 0) is 11.2 Å². The maximum atomic E-state index is 12.5. The Bertz CT molecular complexity index is 710. The number of amides is 1. The van der Waals surface area contributed by atoms with Crippen molar-refractivity contribution in [2.24, 2.45) is 0 Å². The summed E-state index contributed by atoms with van der Waals surface area (Å²) in [4.78, 5) is 21.1. The molecule has 1 atom stereocenters. The van der Waals surface area contributed by atoms with Gasteiger partial charge in [0.15, 0.2) is 0 Å². The quantitative estimate of drug-likeness (QED) is 0.709. The molecule has 2 N–H and O–H groups in total. The van der Waals surface area contributed by atoms with E-state index >= 15 is 0 Å². The van der Waals surface area contributed by atoms with E-state index in [2.05, 4.69) is 22.9 Å². The van der Waals surface area contributed by atoms with Gasteiger partial charge in [-0.1, -0.05) is 24.3 Å². The maximum absolute atomic E-state index is 12.5. The Morgan fingerprint density at radius 3 is 2.36 bits per heavy atom. The second-order valence-corrected chi connectivity index (χ2v) is 6.58. The minimum absolute atomic E-state index is 0. The Hall–Kier alpha value is -1.53. The molecule has 1 fully saturated rings. The molecule has 5 nitrogen and oxygen atoms in total. The number of pyridine rings is 1. The Balaban J connectivity index is 0.00000243. The highest BCUT2D eigenvalue weighted by Gasteiger charge is 2.24. The molecule has 8 heteroatoms. The number of nitrogens with zero attached hydrogens (tertiary/aromatic N) is 3. The molecule has 0 aliphatic carbocycles. The molecule has 156 valence electrons. The number of nitrogens with two attached hydrogens (primary N) is 1. The van der Waals surface area contributed by atoms with Crippen LogP contribution in [0.3, 0.4) is 0 Å². The lowest BCUT2D eigenvalue weighted by Crippen LogP contribution is -2.49. The highest BCUT2D eigenvalue weighted by atomic mass is 35.5. The summed E-state index contributed by atoms with van der Waals surface area (Å²) in [7, 11) is 0. The molecule has 1 saturated heterocycles. The average molecular weight is 448 g/mol. The van der Waals surface area contributed by atoms with E-state index in [0.717, 1.165) is 37.4 Å². The minimum atomic E-state index is 0. The van der Waals surface area contributed by atoms with E-state index in [0.29, 0.717) is 18.9 Å². The molecule has 28 heavy (non-hydrogen) atoms. The number of anilines is 1. The van der Waals surface area contributed by atoms with Crippen LogP contribution >= 0.6 is 37.2 Å². The van der Waals surface area contributed by atoms with Gasteiger partial charge in [-0.15, -0.1) is 37.2 Å². The summed E-state index contributed by atoms with van der Waals surface area (Å²) >= 11 is 0. The standard InChI is InChI=1S/C20H26N4O.3ClH/c1-16(18-6-4-10-22-15-18)23-11-13-24(14-12-23)20(25)9-8-17-5-2-3-7-19(17)21;;;/h2-7,10,15-16H,8-9,11-14,21H2,1H3;3*1H. The van der Waals surface area contributed by atoms with Gasteiger partial charge in [-0.05, 0) is 36.6 Å². The number of halogens is 3. The lowest BCUT2D eigenvalue weighted by molar-refractivity contribution is -0.133. The topological polar surface area (TPSA) is 62.5 Å². The van der Waals surface area contributed by atoms with Gasteiger partial charge in [-0.2, -0.15) is 0 Å². The smallest absolute Gasteiger partial charge is 0.222 e. The Kier molecular flexibility index (Phi) is 12.1. The number of para-hydroxylation sites is 1. The van der Waals surface area contributed by atoms with Crippen molar-refractivity contribution in [1.82, 2.24) is 14.8 Å². The summed E-state index contributed by atoms with van der Waals surface area (Å²) in [6, 6.07) is 12.2. The third kappa shape index (κ3) is 6.82. The van der Waals surface area contributed by atoms with Crippen LogP contribution in [0.15, 0.2) is 48.8 Å². The van der Waals surface area contributed by atoms with Crippen LogP contribution in [0.1, 0.15) is 30.5 Å². The van der Waals surface area contributed by atoms with Crippen molar-refractivity contribution in [3.05, 3.63) is 59.9 Å². The van der Waals surface area contributed by atoms with Gasteiger partial charge in [0, 0.05) is 56.7 Å². The molecule has 1 aliphatic rings. The lowest BCUT2D eigenvalue weighted by Gasteiger charge is -2.38. The minimum Gasteiger partial charge on any atom is -0.399 e. The number of hydrogen-bond acceptors (Lipinski definition) is 4. The molecular formula is C20H29Cl3N4O. The Morgan fingerprint density at radius 2 is 1.75 bits per heavy atom. The van der Waals surface area contributed by atoms with Crippen molar-refractivity contribution in [3.63, 3.8) is 0 Å². The molecule has 2 aromatic rings. The molecule has 3 rings (SSSR count). The van der Waals surface area contributed by atoms with Gasteiger partial charge in [0.25, 0.3) is 0 Å². The summed E-state index contributed by atoms with van der Waals surface area (Å²) in [5.41, 5.74) is 9.00. The van der Waals surface area contributed by atoms with Gasteiger partial charge >= 0.3 is 0 Å². The number of hydrogen-bond donors (Lipinski definition) is 1. The van der Waals surface area contributed by atoms with Gasteiger partial charge in [-0.25, -0.2) is 0 Å². The van der Waals surface area contributed by atoms with Crippen molar-refractivity contribution in [3.8, 4) is 0 Å². The first-order valence-electron chi connectivity index (χ1n) is 8.90. The zero-order valence-electron chi connectivity index (χ0n) is 16.0. The van der Waals surface area contributed by atoms with Crippen molar-refractivity contribution >= 4 is 48.8 Å². The van der Waals surface area contributed by atoms with E-state index in [4.69, 9.17) is 5.73 Å². The fraction of sp³-hybridized carbons (Fsp3) is 0.400. The summed E-state index contributed by atoms with van der Waals surface area (Å²) in [5, 5.41) is 0. The van der Waals surface area contributed by atoms with Crippen molar-refractivity contribution in [2.45, 2.75) is 25.8 Å². The Morgan fingerprint density at radius 1 is 1.07 bits per heavy atom. The molecule has 1 aromatic heterocycles. The molecule has 0 bridgehead atoms. The van der Waals surface area contributed by atoms with Crippen LogP contribution < -0.4 is 5.73 Å². The predicted octanol–water partition coefficient (Wildman–Crippen LogP) is 3.77. The van der Waals surface area contributed by atoms with E-state index in [1.807, 2.05) is 41.4 Å². The monoisotopic (exact) mass is 446 g/mol. The molecule has 1 unspecified atom stereocenters. The van der Waals surface area contributed by atoms with E-state index in [9.17, 15) is 4.79 Å². The number of aryl methyl sites for hydroxylation is 1. The van der Waals surface area contributed by atoms with E-state index in [-0.39, 0.29) is 43.1 Å². The van der Waals surface area contributed by atoms with Gasteiger partial charge in [0.2, 0.25) is 5.91 Å². The number of carbonyl (C=O) groups excluding carboxylic acids is 1. The first-order valence-corrected chi connectivity index (χ1v) is 8.90. The summed E-state index contributed by atoms with van der Waals surface area (Å²) in [6.07, 6.45) is 4.95.